The maximum absolute atomic E-state index is 14.0. The number of hydrogen-bond donors (Lipinski definition) is 2. The van der Waals surface area contributed by atoms with Crippen LogP contribution in [0.3, 0.4) is 0 Å². The number of carbonyl (C=O) groups is 2. The molecule has 5 nitrogen and oxygen atoms in total. The summed E-state index contributed by atoms with van der Waals surface area (Å²) in [6.45, 7) is 3.45. The summed E-state index contributed by atoms with van der Waals surface area (Å²) in [7, 11) is 0. The average Bonchev–Trinajstić information content (AvgIpc) is 2.75. The fourth-order valence-corrected chi connectivity index (χ4v) is 3.39. The summed E-state index contributed by atoms with van der Waals surface area (Å²) in [6, 6.07) is 4.69. The van der Waals surface area contributed by atoms with Gasteiger partial charge >= 0.3 is 6.03 Å². The van der Waals surface area contributed by atoms with Gasteiger partial charge in [-0.2, -0.15) is 0 Å². The number of nitrogens with one attached hydrogen (secondary N) is 2. The van der Waals surface area contributed by atoms with Gasteiger partial charge in [-0.25, -0.2) is 9.18 Å². The summed E-state index contributed by atoms with van der Waals surface area (Å²) in [6.07, 6.45) is 1.87. The third kappa shape index (κ3) is 3.30. The maximum atomic E-state index is 14.0. The summed E-state index contributed by atoms with van der Waals surface area (Å²) < 4.78 is 14.0. The molecule has 1 saturated heterocycles. The van der Waals surface area contributed by atoms with Gasteiger partial charge in [0.2, 0.25) is 5.91 Å². The van der Waals surface area contributed by atoms with Crippen LogP contribution in [0.15, 0.2) is 18.2 Å². The maximum Gasteiger partial charge on any atom is 0.317 e. The molecule has 1 aromatic carbocycles. The van der Waals surface area contributed by atoms with E-state index >= 15 is 0 Å². The Morgan fingerprint density at radius 2 is 2.17 bits per heavy atom. The number of benzene rings is 1. The largest absolute Gasteiger partial charge is 0.354 e. The molecule has 23 heavy (non-hydrogen) atoms. The van der Waals surface area contributed by atoms with Crippen molar-refractivity contribution in [3.63, 3.8) is 0 Å². The Morgan fingerprint density at radius 3 is 3.00 bits per heavy atom. The zero-order valence-corrected chi connectivity index (χ0v) is 13.3. The van der Waals surface area contributed by atoms with Crippen LogP contribution < -0.4 is 10.6 Å². The summed E-state index contributed by atoms with van der Waals surface area (Å²) in [5.41, 5.74) is 1.59. The highest BCUT2D eigenvalue weighted by Crippen LogP contribution is 2.35. The summed E-state index contributed by atoms with van der Waals surface area (Å²) in [5.74, 6) is 0.0250. The Balaban J connectivity index is 1.75. The van der Waals surface area contributed by atoms with Gasteiger partial charge in [0, 0.05) is 26.1 Å². The van der Waals surface area contributed by atoms with Crippen molar-refractivity contribution in [2.45, 2.75) is 32.2 Å². The van der Waals surface area contributed by atoms with Crippen molar-refractivity contribution in [3.8, 4) is 0 Å². The van der Waals surface area contributed by atoms with Crippen LogP contribution in [0, 0.1) is 11.7 Å². The van der Waals surface area contributed by atoms with Crippen LogP contribution in [0.5, 0.6) is 0 Å². The number of urea groups is 1. The normalized spacial score (nSPS) is 24.4. The molecule has 2 aliphatic rings. The average molecular weight is 319 g/mol. The van der Waals surface area contributed by atoms with E-state index in [2.05, 4.69) is 17.6 Å². The number of carbonyl (C=O) groups excluding carboxylic acids is 2. The molecule has 0 spiro atoms. The van der Waals surface area contributed by atoms with E-state index in [1.807, 2.05) is 6.07 Å². The van der Waals surface area contributed by atoms with E-state index in [1.54, 1.807) is 11.0 Å². The van der Waals surface area contributed by atoms with Crippen molar-refractivity contribution in [1.29, 1.82) is 0 Å². The first-order valence-corrected chi connectivity index (χ1v) is 8.15. The molecule has 2 N–H and O–H groups in total. The summed E-state index contributed by atoms with van der Waals surface area (Å²) in [4.78, 5) is 25.6. The summed E-state index contributed by atoms with van der Waals surface area (Å²) >= 11 is 0. The summed E-state index contributed by atoms with van der Waals surface area (Å²) in [5, 5.41) is 5.80. The minimum atomic E-state index is -0.196. The molecule has 1 aromatic rings. The zero-order chi connectivity index (χ0) is 16.4. The molecule has 0 unspecified atom stereocenters. The predicted octanol–water partition coefficient (Wildman–Crippen LogP) is 1.98. The van der Waals surface area contributed by atoms with Crippen molar-refractivity contribution >= 4 is 11.9 Å². The molecule has 1 aliphatic heterocycles. The van der Waals surface area contributed by atoms with Crippen LogP contribution in [0.2, 0.25) is 0 Å². The Bertz CT molecular complexity index is 620. The monoisotopic (exact) mass is 319 g/mol. The predicted molar refractivity (Wildman–Crippen MR) is 84.4 cm³/mol. The second-order valence-corrected chi connectivity index (χ2v) is 6.34. The van der Waals surface area contributed by atoms with Gasteiger partial charge in [-0.15, -0.1) is 0 Å². The van der Waals surface area contributed by atoms with Gasteiger partial charge in [0.15, 0.2) is 0 Å². The molecular weight excluding hydrogens is 297 g/mol. The van der Waals surface area contributed by atoms with Crippen LogP contribution in [0.1, 0.15) is 36.9 Å². The number of amides is 3. The van der Waals surface area contributed by atoms with E-state index in [9.17, 15) is 14.0 Å². The Labute approximate surface area is 135 Å². The third-order valence-electron chi connectivity index (χ3n) is 4.79. The fraction of sp³-hybridized carbons (Fsp3) is 0.529. The second kappa shape index (κ2) is 6.56. The third-order valence-corrected chi connectivity index (χ3v) is 4.79. The molecule has 1 aliphatic carbocycles. The molecule has 1 fully saturated rings. The number of fused-ring (bicyclic) bond motifs is 1. The number of nitrogens with zero attached hydrogens (tertiary/aromatic N) is 1. The van der Waals surface area contributed by atoms with Gasteiger partial charge in [-0.1, -0.05) is 19.1 Å². The van der Waals surface area contributed by atoms with Gasteiger partial charge in [0.05, 0.1) is 6.04 Å². The minimum Gasteiger partial charge on any atom is -0.354 e. The fourth-order valence-electron chi connectivity index (χ4n) is 3.39. The SMILES string of the molecule is C[C@H]1CCc2c(F)cccc2[C@@H]1NC(=O)N1CCNC(=O)CC1. The van der Waals surface area contributed by atoms with Crippen LogP contribution >= 0.6 is 0 Å². The van der Waals surface area contributed by atoms with Crippen molar-refractivity contribution < 1.29 is 14.0 Å². The van der Waals surface area contributed by atoms with E-state index in [4.69, 9.17) is 0 Å². The molecule has 124 valence electrons. The molecular formula is C17H22FN3O2. The van der Waals surface area contributed by atoms with Gasteiger partial charge in [-0.3, -0.25) is 4.79 Å². The van der Waals surface area contributed by atoms with Gasteiger partial charge < -0.3 is 15.5 Å². The highest BCUT2D eigenvalue weighted by molar-refractivity contribution is 5.79. The lowest BCUT2D eigenvalue weighted by Crippen LogP contribution is -2.45. The van der Waals surface area contributed by atoms with Gasteiger partial charge in [0.1, 0.15) is 5.82 Å². The zero-order valence-electron chi connectivity index (χ0n) is 13.3. The molecule has 0 saturated carbocycles. The molecule has 0 radical (unpaired) electrons. The van der Waals surface area contributed by atoms with Crippen molar-refractivity contribution in [1.82, 2.24) is 15.5 Å². The van der Waals surface area contributed by atoms with E-state index in [0.717, 1.165) is 12.0 Å². The molecule has 3 rings (SSSR count). The van der Waals surface area contributed by atoms with E-state index in [1.165, 1.54) is 6.07 Å². The lowest BCUT2D eigenvalue weighted by molar-refractivity contribution is -0.120. The Kier molecular flexibility index (Phi) is 4.50. The molecule has 6 heteroatoms. The van der Waals surface area contributed by atoms with Gasteiger partial charge in [0.25, 0.3) is 0 Å². The van der Waals surface area contributed by atoms with Crippen molar-refractivity contribution in [2.75, 3.05) is 19.6 Å². The van der Waals surface area contributed by atoms with Crippen molar-refractivity contribution in [2.24, 2.45) is 5.92 Å². The number of rotatable bonds is 1. The topological polar surface area (TPSA) is 61.4 Å². The molecule has 2 atom stereocenters. The first-order chi connectivity index (χ1) is 11.1. The van der Waals surface area contributed by atoms with Gasteiger partial charge in [-0.05, 0) is 36.0 Å². The molecule has 3 amide bonds. The number of halogens is 1. The molecule has 0 bridgehead atoms. The Hall–Kier alpha value is -2.11. The minimum absolute atomic E-state index is 0.0289. The number of hydrogen-bond acceptors (Lipinski definition) is 2. The Morgan fingerprint density at radius 1 is 1.35 bits per heavy atom. The van der Waals surface area contributed by atoms with Crippen molar-refractivity contribution in [3.05, 3.63) is 35.1 Å². The first-order valence-electron chi connectivity index (χ1n) is 8.15. The van der Waals surface area contributed by atoms with Crippen LogP contribution in [-0.2, 0) is 11.2 Å². The first kappa shape index (κ1) is 15.8. The van der Waals surface area contributed by atoms with E-state index in [-0.39, 0.29) is 29.7 Å². The standard InChI is InChI=1S/C17H22FN3O2/c1-11-5-6-12-13(3-2-4-14(12)18)16(11)20-17(23)21-9-7-15(22)19-8-10-21/h2-4,11,16H,5-10H2,1H3,(H,19,22)(H,20,23)/t11-,16+/m0/s1. The van der Waals surface area contributed by atoms with Crippen LogP contribution in [-0.4, -0.2) is 36.5 Å². The van der Waals surface area contributed by atoms with Crippen LogP contribution in [0.4, 0.5) is 9.18 Å². The molecule has 1 heterocycles. The second-order valence-electron chi connectivity index (χ2n) is 6.34. The molecule has 0 aromatic heterocycles. The highest BCUT2D eigenvalue weighted by atomic mass is 19.1. The van der Waals surface area contributed by atoms with E-state index in [0.29, 0.717) is 38.0 Å². The van der Waals surface area contributed by atoms with Crippen LogP contribution in [0.25, 0.3) is 0 Å². The highest BCUT2D eigenvalue weighted by Gasteiger charge is 2.31. The lowest BCUT2D eigenvalue weighted by Gasteiger charge is -2.34. The smallest absolute Gasteiger partial charge is 0.317 e. The van der Waals surface area contributed by atoms with E-state index < -0.39 is 0 Å². The quantitative estimate of drug-likeness (QED) is 0.831. The lowest BCUT2D eigenvalue weighted by atomic mass is 9.80.